The van der Waals surface area contributed by atoms with E-state index in [1.165, 1.54) is 23.4 Å². The Kier molecular flexibility index (Phi) is 4.27. The third-order valence-corrected chi connectivity index (χ3v) is 4.80. The Morgan fingerprint density at radius 3 is 2.76 bits per heavy atom. The molecule has 1 fully saturated rings. The second kappa shape index (κ2) is 6.16. The van der Waals surface area contributed by atoms with Crippen molar-refractivity contribution in [3.8, 4) is 16.3 Å². The Morgan fingerprint density at radius 2 is 2.10 bits per heavy atom. The summed E-state index contributed by atoms with van der Waals surface area (Å²) in [4.78, 5) is 6.31. The van der Waals surface area contributed by atoms with Gasteiger partial charge in [0.2, 0.25) is 0 Å². The summed E-state index contributed by atoms with van der Waals surface area (Å²) in [6.07, 6.45) is 2.56. The van der Waals surface area contributed by atoms with Gasteiger partial charge in [-0.05, 0) is 25.0 Å². The molecule has 0 unspecified atom stereocenters. The third-order valence-electron chi connectivity index (χ3n) is 3.70. The number of nitrogens with zero attached hydrogens (tertiary/aromatic N) is 1. The van der Waals surface area contributed by atoms with Crippen molar-refractivity contribution >= 4 is 11.3 Å². The first kappa shape index (κ1) is 14.5. The normalized spacial score (nSPS) is 14.7. The minimum atomic E-state index is 0.494. The van der Waals surface area contributed by atoms with E-state index >= 15 is 0 Å². The van der Waals surface area contributed by atoms with E-state index in [9.17, 15) is 0 Å². The van der Waals surface area contributed by atoms with Crippen LogP contribution < -0.4 is 10.1 Å². The second-order valence-electron chi connectivity index (χ2n) is 5.84. The molecule has 0 amide bonds. The number of para-hydroxylation sites is 1. The summed E-state index contributed by atoms with van der Waals surface area (Å²) in [5.41, 5.74) is 2.40. The van der Waals surface area contributed by atoms with Gasteiger partial charge in [0.05, 0.1) is 18.4 Å². The highest BCUT2D eigenvalue weighted by molar-refractivity contribution is 7.15. The first-order valence-corrected chi connectivity index (χ1v) is 8.37. The number of rotatable bonds is 6. The number of thiazole rings is 1. The molecule has 4 heteroatoms. The molecule has 0 bridgehead atoms. The molecule has 1 aromatic carbocycles. The summed E-state index contributed by atoms with van der Waals surface area (Å²) in [5.74, 6) is 1.57. The maximum atomic E-state index is 5.47. The monoisotopic (exact) mass is 302 g/mol. The van der Waals surface area contributed by atoms with Crippen LogP contribution in [0.25, 0.3) is 10.6 Å². The molecule has 112 valence electrons. The molecule has 1 aliphatic rings. The number of benzene rings is 1. The molecule has 0 aliphatic heterocycles. The Hall–Kier alpha value is -1.39. The van der Waals surface area contributed by atoms with E-state index < -0.39 is 0 Å². The van der Waals surface area contributed by atoms with Crippen molar-refractivity contribution in [2.75, 3.05) is 7.11 Å². The Labute approximate surface area is 130 Å². The van der Waals surface area contributed by atoms with Gasteiger partial charge in [-0.15, -0.1) is 11.3 Å². The summed E-state index contributed by atoms with van der Waals surface area (Å²) in [5, 5.41) is 4.60. The topological polar surface area (TPSA) is 34.1 Å². The lowest BCUT2D eigenvalue weighted by molar-refractivity contribution is 0.416. The highest BCUT2D eigenvalue weighted by Crippen LogP contribution is 2.45. The van der Waals surface area contributed by atoms with Gasteiger partial charge in [0, 0.05) is 23.4 Å². The molecule has 0 spiro atoms. The van der Waals surface area contributed by atoms with Gasteiger partial charge in [-0.1, -0.05) is 26.0 Å². The summed E-state index contributed by atoms with van der Waals surface area (Å²) in [7, 11) is 1.72. The molecule has 2 aromatic rings. The van der Waals surface area contributed by atoms with Crippen LogP contribution in [0.2, 0.25) is 0 Å². The van der Waals surface area contributed by atoms with E-state index in [1.54, 1.807) is 18.4 Å². The van der Waals surface area contributed by atoms with Gasteiger partial charge in [0.1, 0.15) is 10.8 Å². The molecule has 3 nitrogen and oxygen atoms in total. The quantitative estimate of drug-likeness (QED) is 0.868. The van der Waals surface area contributed by atoms with Crippen LogP contribution in [0.15, 0.2) is 24.3 Å². The van der Waals surface area contributed by atoms with Gasteiger partial charge in [0.25, 0.3) is 0 Å². The van der Waals surface area contributed by atoms with Crippen LogP contribution in [0, 0.1) is 0 Å². The molecule has 1 N–H and O–H groups in total. The van der Waals surface area contributed by atoms with E-state index in [0.717, 1.165) is 22.9 Å². The van der Waals surface area contributed by atoms with Crippen molar-refractivity contribution in [3.63, 3.8) is 0 Å². The number of aromatic nitrogens is 1. The fourth-order valence-corrected chi connectivity index (χ4v) is 3.53. The largest absolute Gasteiger partial charge is 0.496 e. The van der Waals surface area contributed by atoms with Gasteiger partial charge in [-0.2, -0.15) is 0 Å². The Bertz CT molecular complexity index is 617. The lowest BCUT2D eigenvalue weighted by Crippen LogP contribution is -2.21. The van der Waals surface area contributed by atoms with E-state index in [4.69, 9.17) is 9.72 Å². The summed E-state index contributed by atoms with van der Waals surface area (Å²) in [6.45, 7) is 5.27. The Morgan fingerprint density at radius 1 is 1.33 bits per heavy atom. The SMILES string of the molecule is COc1ccccc1-c1nc(C2CC2)c(CNC(C)C)s1. The highest BCUT2D eigenvalue weighted by atomic mass is 32.1. The number of nitrogens with one attached hydrogen (secondary N) is 1. The Balaban J connectivity index is 1.94. The molecular weight excluding hydrogens is 280 g/mol. The maximum Gasteiger partial charge on any atom is 0.129 e. The van der Waals surface area contributed by atoms with Gasteiger partial charge in [-0.3, -0.25) is 0 Å². The molecule has 0 radical (unpaired) electrons. The smallest absolute Gasteiger partial charge is 0.129 e. The van der Waals surface area contributed by atoms with Crippen molar-refractivity contribution in [2.24, 2.45) is 0 Å². The van der Waals surface area contributed by atoms with Crippen LogP contribution in [0.4, 0.5) is 0 Å². The molecular formula is C17H22N2OS. The lowest BCUT2D eigenvalue weighted by atomic mass is 10.2. The highest BCUT2D eigenvalue weighted by Gasteiger charge is 2.30. The minimum absolute atomic E-state index is 0.494. The predicted octanol–water partition coefficient (Wildman–Crippen LogP) is 4.19. The maximum absolute atomic E-state index is 5.47. The van der Waals surface area contributed by atoms with E-state index in [1.807, 2.05) is 18.2 Å². The summed E-state index contributed by atoms with van der Waals surface area (Å²) < 4.78 is 5.47. The fourth-order valence-electron chi connectivity index (χ4n) is 2.40. The minimum Gasteiger partial charge on any atom is -0.496 e. The number of hydrogen-bond acceptors (Lipinski definition) is 4. The molecule has 1 saturated carbocycles. The summed E-state index contributed by atoms with van der Waals surface area (Å²) in [6, 6.07) is 8.63. The molecule has 21 heavy (non-hydrogen) atoms. The van der Waals surface area contributed by atoms with Crippen molar-refractivity contribution in [3.05, 3.63) is 34.8 Å². The molecule has 1 aliphatic carbocycles. The van der Waals surface area contributed by atoms with Crippen LogP contribution in [-0.2, 0) is 6.54 Å². The fraction of sp³-hybridized carbons (Fsp3) is 0.471. The van der Waals surface area contributed by atoms with Gasteiger partial charge in [0.15, 0.2) is 0 Å². The van der Waals surface area contributed by atoms with Gasteiger partial charge < -0.3 is 10.1 Å². The molecule has 0 atom stereocenters. The van der Waals surface area contributed by atoms with Gasteiger partial charge >= 0.3 is 0 Å². The summed E-state index contributed by atoms with van der Waals surface area (Å²) >= 11 is 1.80. The van der Waals surface area contributed by atoms with Crippen molar-refractivity contribution in [2.45, 2.75) is 45.2 Å². The first-order valence-electron chi connectivity index (χ1n) is 7.55. The number of hydrogen-bond donors (Lipinski definition) is 1. The lowest BCUT2D eigenvalue weighted by Gasteiger charge is -2.07. The van der Waals surface area contributed by atoms with Crippen molar-refractivity contribution in [1.82, 2.24) is 10.3 Å². The van der Waals surface area contributed by atoms with Crippen LogP contribution in [0.3, 0.4) is 0 Å². The second-order valence-corrected chi connectivity index (χ2v) is 6.92. The van der Waals surface area contributed by atoms with E-state index in [2.05, 4.69) is 25.2 Å². The zero-order chi connectivity index (χ0) is 14.8. The average molecular weight is 302 g/mol. The molecule has 1 aromatic heterocycles. The van der Waals surface area contributed by atoms with Crippen LogP contribution in [0.5, 0.6) is 5.75 Å². The number of ether oxygens (including phenoxy) is 1. The van der Waals surface area contributed by atoms with Crippen LogP contribution >= 0.6 is 11.3 Å². The number of methoxy groups -OCH3 is 1. The van der Waals surface area contributed by atoms with Gasteiger partial charge in [-0.25, -0.2) is 4.98 Å². The van der Waals surface area contributed by atoms with Crippen molar-refractivity contribution < 1.29 is 4.74 Å². The van der Waals surface area contributed by atoms with Crippen LogP contribution in [0.1, 0.15) is 43.2 Å². The third kappa shape index (κ3) is 3.27. The zero-order valence-electron chi connectivity index (χ0n) is 12.8. The van der Waals surface area contributed by atoms with Crippen molar-refractivity contribution in [1.29, 1.82) is 0 Å². The first-order chi connectivity index (χ1) is 10.2. The standard InChI is InChI=1S/C17H22N2OS/c1-11(2)18-10-15-16(12-8-9-12)19-17(21-15)13-6-4-5-7-14(13)20-3/h4-7,11-12,18H,8-10H2,1-3H3. The van der Waals surface area contributed by atoms with E-state index in [-0.39, 0.29) is 0 Å². The predicted molar refractivity (Wildman–Crippen MR) is 88.1 cm³/mol. The molecule has 3 rings (SSSR count). The van der Waals surface area contributed by atoms with Crippen LogP contribution in [-0.4, -0.2) is 18.1 Å². The average Bonchev–Trinajstić information content (AvgIpc) is 3.25. The molecule has 1 heterocycles. The molecule has 0 saturated heterocycles. The van der Waals surface area contributed by atoms with E-state index in [0.29, 0.717) is 12.0 Å². The zero-order valence-corrected chi connectivity index (χ0v) is 13.7.